The summed E-state index contributed by atoms with van der Waals surface area (Å²) < 4.78 is 16.0. The molecule has 0 saturated heterocycles. The molecule has 0 N–H and O–H groups in total. The second-order valence-electron chi connectivity index (χ2n) is 6.21. The van der Waals surface area contributed by atoms with Crippen molar-refractivity contribution < 1.29 is 19.0 Å². The summed E-state index contributed by atoms with van der Waals surface area (Å²) in [6, 6.07) is 17.6. The van der Waals surface area contributed by atoms with Gasteiger partial charge in [0.15, 0.2) is 11.5 Å². The molecule has 0 heterocycles. The van der Waals surface area contributed by atoms with E-state index in [1.54, 1.807) is 38.3 Å². The van der Waals surface area contributed by atoms with Crippen molar-refractivity contribution in [3.8, 4) is 17.2 Å². The minimum Gasteiger partial charge on any atom is -0.496 e. The van der Waals surface area contributed by atoms with Crippen molar-refractivity contribution >= 4 is 16.7 Å². The molecular weight excluding hydrogens is 342 g/mol. The highest BCUT2D eigenvalue weighted by molar-refractivity contribution is 5.98. The van der Waals surface area contributed by atoms with Crippen LogP contribution in [-0.4, -0.2) is 39.2 Å². The third-order valence-corrected chi connectivity index (χ3v) is 4.57. The van der Waals surface area contributed by atoms with Gasteiger partial charge < -0.3 is 19.1 Å². The van der Waals surface area contributed by atoms with Gasteiger partial charge in [0.1, 0.15) is 5.75 Å². The number of carbonyl (C=O) groups excluding carboxylic acids is 1. The first-order valence-corrected chi connectivity index (χ1v) is 8.61. The van der Waals surface area contributed by atoms with Crippen molar-refractivity contribution in [2.24, 2.45) is 0 Å². The number of benzene rings is 3. The van der Waals surface area contributed by atoms with E-state index in [9.17, 15) is 4.79 Å². The molecule has 0 aliphatic heterocycles. The number of fused-ring (bicyclic) bond motifs is 1. The first kappa shape index (κ1) is 18.6. The molecule has 0 spiro atoms. The van der Waals surface area contributed by atoms with Gasteiger partial charge in [0.25, 0.3) is 5.91 Å². The van der Waals surface area contributed by atoms with E-state index in [4.69, 9.17) is 14.2 Å². The third kappa shape index (κ3) is 3.67. The van der Waals surface area contributed by atoms with Crippen LogP contribution in [0, 0.1) is 0 Å². The molecule has 1 amide bonds. The Balaban J connectivity index is 1.93. The van der Waals surface area contributed by atoms with Crippen LogP contribution >= 0.6 is 0 Å². The van der Waals surface area contributed by atoms with E-state index in [0.29, 0.717) is 29.4 Å². The monoisotopic (exact) mass is 365 g/mol. The Morgan fingerprint density at radius 2 is 1.48 bits per heavy atom. The summed E-state index contributed by atoms with van der Waals surface area (Å²) in [6.45, 7) is 0.484. The van der Waals surface area contributed by atoms with Crippen molar-refractivity contribution in [3.05, 3.63) is 65.7 Å². The van der Waals surface area contributed by atoms with Gasteiger partial charge >= 0.3 is 0 Å². The van der Waals surface area contributed by atoms with Gasteiger partial charge in [-0.2, -0.15) is 0 Å². The number of ether oxygens (including phenoxy) is 3. The molecule has 140 valence electrons. The van der Waals surface area contributed by atoms with Crippen LogP contribution in [0.4, 0.5) is 0 Å². The van der Waals surface area contributed by atoms with Gasteiger partial charge in [-0.15, -0.1) is 0 Å². The van der Waals surface area contributed by atoms with Gasteiger partial charge in [-0.25, -0.2) is 0 Å². The predicted octanol–water partition coefficient (Wildman–Crippen LogP) is 4.14. The van der Waals surface area contributed by atoms with Crippen LogP contribution in [0.5, 0.6) is 17.2 Å². The third-order valence-electron chi connectivity index (χ3n) is 4.57. The summed E-state index contributed by atoms with van der Waals surface area (Å²) >= 11 is 0. The topological polar surface area (TPSA) is 48.0 Å². The van der Waals surface area contributed by atoms with Crippen molar-refractivity contribution in [1.82, 2.24) is 4.90 Å². The Kier molecular flexibility index (Phi) is 5.50. The average molecular weight is 365 g/mol. The molecule has 3 rings (SSSR count). The molecule has 3 aromatic carbocycles. The normalized spacial score (nSPS) is 10.5. The lowest BCUT2D eigenvalue weighted by molar-refractivity contribution is 0.0782. The molecule has 0 fully saturated rings. The molecule has 3 aromatic rings. The number of nitrogens with zero attached hydrogens (tertiary/aromatic N) is 1. The van der Waals surface area contributed by atoms with Crippen molar-refractivity contribution in [2.75, 3.05) is 28.4 Å². The van der Waals surface area contributed by atoms with Crippen LogP contribution < -0.4 is 14.2 Å². The molecule has 0 saturated carbocycles. The molecule has 0 aliphatic rings. The smallest absolute Gasteiger partial charge is 0.257 e. The second kappa shape index (κ2) is 7.99. The molecule has 0 aliphatic carbocycles. The number of carbonyl (C=O) groups is 1. The number of amides is 1. The summed E-state index contributed by atoms with van der Waals surface area (Å²) in [6.07, 6.45) is 0. The fourth-order valence-corrected chi connectivity index (χ4v) is 3.16. The lowest BCUT2D eigenvalue weighted by Gasteiger charge is -2.21. The molecule has 0 aromatic heterocycles. The highest BCUT2D eigenvalue weighted by Gasteiger charge is 2.21. The van der Waals surface area contributed by atoms with Gasteiger partial charge in [0.05, 0.1) is 26.9 Å². The van der Waals surface area contributed by atoms with Gasteiger partial charge in [-0.3, -0.25) is 4.79 Å². The molecule has 0 radical (unpaired) electrons. The summed E-state index contributed by atoms with van der Waals surface area (Å²) in [7, 11) is 6.40. The van der Waals surface area contributed by atoms with E-state index in [1.807, 2.05) is 24.3 Å². The second-order valence-corrected chi connectivity index (χ2v) is 6.21. The Hall–Kier alpha value is -3.21. The van der Waals surface area contributed by atoms with Crippen LogP contribution in [0.2, 0.25) is 0 Å². The summed E-state index contributed by atoms with van der Waals surface area (Å²) in [4.78, 5) is 14.8. The number of rotatable bonds is 6. The largest absolute Gasteiger partial charge is 0.496 e. The summed E-state index contributed by atoms with van der Waals surface area (Å²) in [5.74, 6) is 1.30. The maximum Gasteiger partial charge on any atom is 0.257 e. The molecule has 0 atom stereocenters. The summed E-state index contributed by atoms with van der Waals surface area (Å²) in [5, 5.41) is 2.29. The molecule has 5 heteroatoms. The average Bonchev–Trinajstić information content (AvgIpc) is 2.72. The standard InChI is InChI=1S/C22H23NO4/c1-23(14-16-10-7-9-15-8-5-6-11-17(15)16)22(24)18-12-20(26-3)21(27-4)13-19(18)25-2/h5-13H,14H2,1-4H3. The van der Waals surface area contributed by atoms with Crippen LogP contribution in [-0.2, 0) is 6.54 Å². The van der Waals surface area contributed by atoms with Crippen molar-refractivity contribution in [3.63, 3.8) is 0 Å². The van der Waals surface area contributed by atoms with E-state index in [0.717, 1.165) is 16.3 Å². The fourth-order valence-electron chi connectivity index (χ4n) is 3.16. The number of hydrogen-bond acceptors (Lipinski definition) is 4. The zero-order chi connectivity index (χ0) is 19.4. The van der Waals surface area contributed by atoms with E-state index in [2.05, 4.69) is 18.2 Å². The van der Waals surface area contributed by atoms with E-state index < -0.39 is 0 Å². The SMILES string of the molecule is COc1cc(OC)c(C(=O)N(C)Cc2cccc3ccccc23)cc1OC. The predicted molar refractivity (Wildman–Crippen MR) is 106 cm³/mol. The van der Waals surface area contributed by atoms with E-state index in [-0.39, 0.29) is 5.91 Å². The lowest BCUT2D eigenvalue weighted by atomic mass is 10.0. The Morgan fingerprint density at radius 1 is 0.852 bits per heavy atom. The lowest BCUT2D eigenvalue weighted by Crippen LogP contribution is -2.26. The zero-order valence-electron chi connectivity index (χ0n) is 16.0. The molecule has 0 unspecified atom stereocenters. The Bertz CT molecular complexity index is 962. The molecule has 27 heavy (non-hydrogen) atoms. The van der Waals surface area contributed by atoms with Crippen LogP contribution in [0.15, 0.2) is 54.6 Å². The molecule has 5 nitrogen and oxygen atoms in total. The van der Waals surface area contributed by atoms with Gasteiger partial charge in [0.2, 0.25) is 0 Å². The quantitative estimate of drug-likeness (QED) is 0.659. The highest BCUT2D eigenvalue weighted by atomic mass is 16.5. The first-order chi connectivity index (χ1) is 13.1. The number of methoxy groups -OCH3 is 3. The molecule has 0 bridgehead atoms. The minimum atomic E-state index is -0.152. The van der Waals surface area contributed by atoms with Gasteiger partial charge in [-0.1, -0.05) is 42.5 Å². The maximum atomic E-state index is 13.1. The van der Waals surface area contributed by atoms with Crippen LogP contribution in [0.1, 0.15) is 15.9 Å². The molecular formula is C22H23NO4. The maximum absolute atomic E-state index is 13.1. The Labute approximate surface area is 159 Å². The first-order valence-electron chi connectivity index (χ1n) is 8.61. The van der Waals surface area contributed by atoms with Crippen LogP contribution in [0.3, 0.4) is 0 Å². The Morgan fingerprint density at radius 3 is 2.19 bits per heavy atom. The van der Waals surface area contributed by atoms with Crippen molar-refractivity contribution in [1.29, 1.82) is 0 Å². The van der Waals surface area contributed by atoms with Gasteiger partial charge in [-0.05, 0) is 16.3 Å². The van der Waals surface area contributed by atoms with Gasteiger partial charge in [0, 0.05) is 25.7 Å². The van der Waals surface area contributed by atoms with Crippen molar-refractivity contribution in [2.45, 2.75) is 6.54 Å². The van der Waals surface area contributed by atoms with Crippen LogP contribution in [0.25, 0.3) is 10.8 Å². The summed E-state index contributed by atoms with van der Waals surface area (Å²) in [5.41, 5.74) is 1.52. The fraction of sp³-hybridized carbons (Fsp3) is 0.227. The van der Waals surface area contributed by atoms with E-state index >= 15 is 0 Å². The highest BCUT2D eigenvalue weighted by Crippen LogP contribution is 2.35. The number of hydrogen-bond donors (Lipinski definition) is 0. The zero-order valence-corrected chi connectivity index (χ0v) is 16.0. The van der Waals surface area contributed by atoms with E-state index in [1.165, 1.54) is 7.11 Å². The minimum absolute atomic E-state index is 0.152.